The fraction of sp³-hybridized carbons (Fsp3) is 0.810. The maximum absolute atomic E-state index is 4.49. The first kappa shape index (κ1) is 25.2. The lowest BCUT2D eigenvalue weighted by molar-refractivity contribution is 0.161. The molecule has 2 rings (SSSR count). The summed E-state index contributed by atoms with van der Waals surface area (Å²) in [6, 6.07) is 0.546. The monoisotopic (exact) mass is 504 g/mol. The van der Waals surface area contributed by atoms with Gasteiger partial charge in [-0.3, -0.25) is 9.89 Å². The van der Waals surface area contributed by atoms with E-state index in [1.54, 1.807) is 0 Å². The van der Waals surface area contributed by atoms with Crippen LogP contribution < -0.4 is 10.6 Å². The molecule has 1 saturated heterocycles. The average Bonchev–Trinajstić information content (AvgIpc) is 2.89. The van der Waals surface area contributed by atoms with Gasteiger partial charge in [0.25, 0.3) is 0 Å². The van der Waals surface area contributed by atoms with Crippen LogP contribution in [-0.4, -0.2) is 53.1 Å². The molecule has 2 N–H and O–H groups in total. The smallest absolute Gasteiger partial charge is 0.191 e. The summed E-state index contributed by atoms with van der Waals surface area (Å²) in [6.07, 6.45) is 9.34. The minimum absolute atomic E-state index is 0. The standard InChI is InChI=1S/C21H40N6.HI/c1-17(2)16-27-13-10-23-20(27)15-25-21(22-5)24-14-19(18(3)4)26-11-8-6-7-9-12-26;/h10,13,17-19H,6-9,11-12,14-16H2,1-5H3,(H2,22,24,25);1H. The third-order valence-corrected chi connectivity index (χ3v) is 5.36. The number of halogens is 1. The van der Waals surface area contributed by atoms with E-state index in [-0.39, 0.29) is 24.0 Å². The van der Waals surface area contributed by atoms with Gasteiger partial charge in [0, 0.05) is 38.6 Å². The van der Waals surface area contributed by atoms with Gasteiger partial charge in [-0.15, -0.1) is 24.0 Å². The first-order chi connectivity index (χ1) is 13.0. The molecule has 1 aromatic heterocycles. The Bertz CT molecular complexity index is 561. The molecule has 0 amide bonds. The van der Waals surface area contributed by atoms with Crippen LogP contribution in [0.2, 0.25) is 0 Å². The summed E-state index contributed by atoms with van der Waals surface area (Å²) in [6.45, 7) is 14.2. The molecule has 6 nitrogen and oxygen atoms in total. The lowest BCUT2D eigenvalue weighted by Crippen LogP contribution is -2.49. The molecule has 1 aliphatic rings. The van der Waals surface area contributed by atoms with E-state index in [1.165, 1.54) is 38.8 Å². The number of hydrogen-bond donors (Lipinski definition) is 2. The minimum Gasteiger partial charge on any atom is -0.355 e. The van der Waals surface area contributed by atoms with E-state index in [2.05, 4.69) is 64.0 Å². The van der Waals surface area contributed by atoms with Crippen LogP contribution in [0.25, 0.3) is 0 Å². The van der Waals surface area contributed by atoms with Crippen molar-refractivity contribution in [1.29, 1.82) is 0 Å². The quantitative estimate of drug-likeness (QED) is 0.322. The van der Waals surface area contributed by atoms with E-state index >= 15 is 0 Å². The Morgan fingerprint density at radius 3 is 2.36 bits per heavy atom. The predicted molar refractivity (Wildman–Crippen MR) is 129 cm³/mol. The Morgan fingerprint density at radius 1 is 1.11 bits per heavy atom. The molecule has 1 aliphatic heterocycles. The first-order valence-corrected chi connectivity index (χ1v) is 10.7. The molecule has 1 aromatic rings. The van der Waals surface area contributed by atoms with Crippen molar-refractivity contribution in [2.45, 2.75) is 72.5 Å². The number of aliphatic imine (C=N–C) groups is 1. The van der Waals surface area contributed by atoms with Gasteiger partial charge < -0.3 is 15.2 Å². The molecular weight excluding hydrogens is 463 g/mol. The van der Waals surface area contributed by atoms with Crippen molar-refractivity contribution in [1.82, 2.24) is 25.1 Å². The zero-order chi connectivity index (χ0) is 19.6. The number of imidazole rings is 1. The van der Waals surface area contributed by atoms with Crippen LogP contribution in [0.15, 0.2) is 17.4 Å². The lowest BCUT2D eigenvalue weighted by atomic mass is 10.0. The van der Waals surface area contributed by atoms with E-state index in [0.29, 0.717) is 24.4 Å². The van der Waals surface area contributed by atoms with Gasteiger partial charge in [-0.1, -0.05) is 40.5 Å². The molecule has 0 saturated carbocycles. The fourth-order valence-electron chi connectivity index (χ4n) is 3.86. The molecule has 0 aromatic carbocycles. The molecule has 0 aliphatic carbocycles. The lowest BCUT2D eigenvalue weighted by Gasteiger charge is -2.34. The van der Waals surface area contributed by atoms with Gasteiger partial charge in [0.1, 0.15) is 5.82 Å². The van der Waals surface area contributed by atoms with Gasteiger partial charge in [0.2, 0.25) is 0 Å². The molecule has 0 radical (unpaired) electrons. The highest BCUT2D eigenvalue weighted by atomic mass is 127. The van der Waals surface area contributed by atoms with Gasteiger partial charge in [-0.25, -0.2) is 4.98 Å². The number of guanidine groups is 1. The highest BCUT2D eigenvalue weighted by Crippen LogP contribution is 2.17. The first-order valence-electron chi connectivity index (χ1n) is 10.7. The van der Waals surface area contributed by atoms with Crippen molar-refractivity contribution in [2.24, 2.45) is 16.8 Å². The van der Waals surface area contributed by atoms with Crippen molar-refractivity contribution in [2.75, 3.05) is 26.7 Å². The minimum atomic E-state index is 0. The number of aromatic nitrogens is 2. The van der Waals surface area contributed by atoms with Gasteiger partial charge in [0.05, 0.1) is 6.54 Å². The molecule has 28 heavy (non-hydrogen) atoms. The normalized spacial score (nSPS) is 17.3. The number of rotatable bonds is 8. The highest BCUT2D eigenvalue weighted by Gasteiger charge is 2.22. The SMILES string of the molecule is CN=C(NCc1nccn1CC(C)C)NCC(C(C)C)N1CCCCCC1.I. The van der Waals surface area contributed by atoms with E-state index in [0.717, 1.165) is 24.9 Å². The van der Waals surface area contributed by atoms with Crippen molar-refractivity contribution in [3.8, 4) is 0 Å². The Hall–Kier alpha value is -0.830. The molecule has 7 heteroatoms. The highest BCUT2D eigenvalue weighted by molar-refractivity contribution is 14.0. The molecule has 1 atom stereocenters. The summed E-state index contributed by atoms with van der Waals surface area (Å²) in [7, 11) is 1.84. The topological polar surface area (TPSA) is 57.5 Å². The van der Waals surface area contributed by atoms with Crippen LogP contribution in [0.4, 0.5) is 0 Å². The number of likely N-dealkylation sites (tertiary alicyclic amines) is 1. The summed E-state index contributed by atoms with van der Waals surface area (Å²) in [5, 5.41) is 6.98. The largest absolute Gasteiger partial charge is 0.355 e. The van der Waals surface area contributed by atoms with E-state index in [4.69, 9.17) is 0 Å². The Morgan fingerprint density at radius 2 is 1.79 bits per heavy atom. The number of hydrogen-bond acceptors (Lipinski definition) is 3. The second kappa shape index (κ2) is 13.4. The summed E-state index contributed by atoms with van der Waals surface area (Å²) in [4.78, 5) is 11.6. The Labute approximate surface area is 189 Å². The summed E-state index contributed by atoms with van der Waals surface area (Å²) in [5.41, 5.74) is 0. The van der Waals surface area contributed by atoms with E-state index in [1.807, 2.05) is 13.2 Å². The van der Waals surface area contributed by atoms with Crippen LogP contribution >= 0.6 is 24.0 Å². The fourth-order valence-corrected chi connectivity index (χ4v) is 3.86. The maximum Gasteiger partial charge on any atom is 0.191 e. The zero-order valence-electron chi connectivity index (χ0n) is 18.4. The number of nitrogens with zero attached hydrogens (tertiary/aromatic N) is 4. The molecule has 162 valence electrons. The third-order valence-electron chi connectivity index (χ3n) is 5.36. The predicted octanol–water partition coefficient (Wildman–Crippen LogP) is 3.72. The molecule has 1 fully saturated rings. The van der Waals surface area contributed by atoms with Gasteiger partial charge in [-0.05, 0) is 37.8 Å². The summed E-state index contributed by atoms with van der Waals surface area (Å²) in [5.74, 6) is 3.14. The average molecular weight is 505 g/mol. The maximum atomic E-state index is 4.49. The van der Waals surface area contributed by atoms with Crippen molar-refractivity contribution in [3.63, 3.8) is 0 Å². The van der Waals surface area contributed by atoms with Crippen molar-refractivity contribution >= 4 is 29.9 Å². The number of nitrogens with one attached hydrogen (secondary N) is 2. The van der Waals surface area contributed by atoms with Crippen molar-refractivity contribution < 1.29 is 0 Å². The van der Waals surface area contributed by atoms with Crippen molar-refractivity contribution in [3.05, 3.63) is 18.2 Å². The van der Waals surface area contributed by atoms with Crippen LogP contribution in [0, 0.1) is 11.8 Å². The van der Waals surface area contributed by atoms with Crippen LogP contribution in [-0.2, 0) is 13.1 Å². The van der Waals surface area contributed by atoms with Gasteiger partial charge in [0.15, 0.2) is 5.96 Å². The molecule has 2 heterocycles. The van der Waals surface area contributed by atoms with E-state index in [9.17, 15) is 0 Å². The third kappa shape index (κ3) is 8.27. The summed E-state index contributed by atoms with van der Waals surface area (Å²) < 4.78 is 2.22. The Balaban J connectivity index is 0.00000392. The van der Waals surface area contributed by atoms with Crippen LogP contribution in [0.5, 0.6) is 0 Å². The summed E-state index contributed by atoms with van der Waals surface area (Å²) >= 11 is 0. The Kier molecular flexibility index (Phi) is 12.1. The zero-order valence-corrected chi connectivity index (χ0v) is 20.8. The second-order valence-corrected chi connectivity index (χ2v) is 8.46. The van der Waals surface area contributed by atoms with Gasteiger partial charge in [-0.2, -0.15) is 0 Å². The second-order valence-electron chi connectivity index (χ2n) is 8.46. The molecular formula is C21H41IN6. The van der Waals surface area contributed by atoms with Crippen LogP contribution in [0.3, 0.4) is 0 Å². The molecule has 0 bridgehead atoms. The van der Waals surface area contributed by atoms with E-state index < -0.39 is 0 Å². The molecule has 1 unspecified atom stereocenters. The van der Waals surface area contributed by atoms with Gasteiger partial charge >= 0.3 is 0 Å². The molecule has 0 spiro atoms. The van der Waals surface area contributed by atoms with Crippen LogP contribution in [0.1, 0.15) is 59.2 Å².